The highest BCUT2D eigenvalue weighted by Gasteiger charge is 2.18. The van der Waals surface area contributed by atoms with E-state index in [1.165, 1.54) is 0 Å². The number of benzene rings is 1. The Hall–Kier alpha value is -3.42. The molecular weight excluding hydrogens is 298 g/mol. The van der Waals surface area contributed by atoms with E-state index in [0.717, 1.165) is 0 Å². The fraction of sp³-hybridized carbons (Fsp3) is 0.0667. The van der Waals surface area contributed by atoms with Gasteiger partial charge >= 0.3 is 6.01 Å². The van der Waals surface area contributed by atoms with Crippen LogP contribution in [-0.4, -0.2) is 26.8 Å². The van der Waals surface area contributed by atoms with E-state index in [2.05, 4.69) is 15.0 Å². The van der Waals surface area contributed by atoms with E-state index in [1.807, 2.05) is 0 Å². The van der Waals surface area contributed by atoms with Gasteiger partial charge in [0.2, 0.25) is 5.91 Å². The van der Waals surface area contributed by atoms with Crippen LogP contribution in [0.1, 0.15) is 16.1 Å². The van der Waals surface area contributed by atoms with E-state index in [9.17, 15) is 9.59 Å². The molecule has 0 unspecified atom stereocenters. The average Bonchev–Trinajstić information content (AvgIpc) is 2.84. The Balaban J connectivity index is 2.03. The number of aromatic nitrogens is 3. The van der Waals surface area contributed by atoms with E-state index < -0.39 is 11.8 Å². The summed E-state index contributed by atoms with van der Waals surface area (Å²) < 4.78 is 5.53. The normalized spacial score (nSPS) is 10.6. The Morgan fingerprint density at radius 3 is 2.57 bits per heavy atom. The second-order valence-corrected chi connectivity index (χ2v) is 4.83. The third kappa shape index (κ3) is 2.95. The van der Waals surface area contributed by atoms with E-state index >= 15 is 0 Å². The molecule has 0 saturated heterocycles. The van der Waals surface area contributed by atoms with Crippen molar-refractivity contribution in [2.75, 3.05) is 0 Å². The average molecular weight is 311 g/mol. The Morgan fingerprint density at radius 1 is 1.17 bits per heavy atom. The first-order valence-electron chi connectivity index (χ1n) is 6.72. The highest BCUT2D eigenvalue weighted by Crippen LogP contribution is 2.28. The lowest BCUT2D eigenvalue weighted by atomic mass is 10.1. The lowest BCUT2D eigenvalue weighted by Gasteiger charge is -2.03. The molecule has 3 rings (SSSR count). The molecule has 0 aliphatic carbocycles. The van der Waals surface area contributed by atoms with Crippen LogP contribution in [0.15, 0.2) is 36.7 Å². The summed E-state index contributed by atoms with van der Waals surface area (Å²) in [5.74, 6) is -0.715. The first-order chi connectivity index (χ1) is 11.0. The summed E-state index contributed by atoms with van der Waals surface area (Å²) in [5, 5.41) is 0.593. The van der Waals surface area contributed by atoms with Gasteiger partial charge in [0, 0.05) is 29.5 Å². The van der Waals surface area contributed by atoms with Gasteiger partial charge in [0.25, 0.3) is 5.91 Å². The molecule has 0 bridgehead atoms. The van der Waals surface area contributed by atoms with Crippen molar-refractivity contribution in [3.63, 3.8) is 0 Å². The number of hydrogen-bond acceptors (Lipinski definition) is 5. The van der Waals surface area contributed by atoms with Gasteiger partial charge in [-0.25, -0.2) is 9.97 Å². The number of rotatable bonds is 5. The van der Waals surface area contributed by atoms with Crippen molar-refractivity contribution >= 4 is 22.7 Å². The smallest absolute Gasteiger partial charge is 0.321 e. The standard InChI is InChI=1S/C15H13N5O3/c16-12(21)7-11-13(14(17)22)9-3-2-8(6-10(9)20-11)23-15-18-4-1-5-19-15/h1-6,20H,7H2,(H2,16,21)(H2,17,22). The summed E-state index contributed by atoms with van der Waals surface area (Å²) >= 11 is 0. The fourth-order valence-electron chi connectivity index (χ4n) is 2.33. The molecule has 5 N–H and O–H groups in total. The number of carbonyl (C=O) groups is 2. The maximum absolute atomic E-state index is 11.7. The van der Waals surface area contributed by atoms with Crippen molar-refractivity contribution in [2.24, 2.45) is 11.5 Å². The van der Waals surface area contributed by atoms with E-state index in [0.29, 0.717) is 22.3 Å². The lowest BCUT2D eigenvalue weighted by molar-refractivity contribution is -0.117. The summed E-state index contributed by atoms with van der Waals surface area (Å²) in [6.45, 7) is 0. The van der Waals surface area contributed by atoms with Crippen LogP contribution in [0.3, 0.4) is 0 Å². The number of nitrogens with zero attached hydrogens (tertiary/aromatic N) is 2. The third-order valence-corrected chi connectivity index (χ3v) is 3.20. The van der Waals surface area contributed by atoms with Crippen molar-refractivity contribution in [3.8, 4) is 11.8 Å². The maximum Gasteiger partial charge on any atom is 0.321 e. The van der Waals surface area contributed by atoms with Gasteiger partial charge in [-0.2, -0.15) is 0 Å². The van der Waals surface area contributed by atoms with Crippen LogP contribution in [0.5, 0.6) is 11.8 Å². The van der Waals surface area contributed by atoms with Gasteiger partial charge in [-0.05, 0) is 18.2 Å². The molecule has 3 aromatic rings. The number of H-pyrrole nitrogens is 1. The van der Waals surface area contributed by atoms with Gasteiger partial charge in [0.15, 0.2) is 0 Å². The molecule has 0 saturated carbocycles. The largest absolute Gasteiger partial charge is 0.424 e. The Morgan fingerprint density at radius 2 is 1.91 bits per heavy atom. The molecule has 116 valence electrons. The number of primary amides is 2. The maximum atomic E-state index is 11.7. The SMILES string of the molecule is NC(=O)Cc1[nH]c2cc(Oc3ncccn3)ccc2c1C(N)=O. The number of hydrogen-bond donors (Lipinski definition) is 3. The first kappa shape index (κ1) is 14.5. The van der Waals surface area contributed by atoms with Gasteiger partial charge < -0.3 is 21.2 Å². The molecule has 8 heteroatoms. The molecule has 0 spiro atoms. The fourth-order valence-corrected chi connectivity index (χ4v) is 2.33. The topological polar surface area (TPSA) is 137 Å². The van der Waals surface area contributed by atoms with E-state index in [4.69, 9.17) is 16.2 Å². The Kier molecular flexibility index (Phi) is 3.63. The van der Waals surface area contributed by atoms with Crippen LogP contribution in [-0.2, 0) is 11.2 Å². The van der Waals surface area contributed by atoms with Crippen LogP contribution < -0.4 is 16.2 Å². The third-order valence-electron chi connectivity index (χ3n) is 3.20. The predicted octanol–water partition coefficient (Wildman–Crippen LogP) is 0.877. The number of amides is 2. The van der Waals surface area contributed by atoms with Crippen molar-refractivity contribution in [2.45, 2.75) is 6.42 Å². The number of nitrogens with two attached hydrogens (primary N) is 2. The van der Waals surface area contributed by atoms with Crippen molar-refractivity contribution < 1.29 is 14.3 Å². The van der Waals surface area contributed by atoms with Gasteiger partial charge in [0.1, 0.15) is 5.75 Å². The van der Waals surface area contributed by atoms with Crippen LogP contribution in [0.2, 0.25) is 0 Å². The first-order valence-corrected chi connectivity index (χ1v) is 6.72. The van der Waals surface area contributed by atoms with Gasteiger partial charge in [-0.15, -0.1) is 0 Å². The predicted molar refractivity (Wildman–Crippen MR) is 81.8 cm³/mol. The molecule has 2 heterocycles. The van der Waals surface area contributed by atoms with E-state index in [-0.39, 0.29) is 18.0 Å². The second-order valence-electron chi connectivity index (χ2n) is 4.83. The molecular formula is C15H13N5O3. The minimum Gasteiger partial charge on any atom is -0.424 e. The Bertz CT molecular complexity index is 889. The van der Waals surface area contributed by atoms with Crippen LogP contribution in [0.25, 0.3) is 10.9 Å². The highest BCUT2D eigenvalue weighted by atomic mass is 16.5. The summed E-state index contributed by atoms with van der Waals surface area (Å²) in [7, 11) is 0. The second kappa shape index (κ2) is 5.76. The van der Waals surface area contributed by atoms with E-state index in [1.54, 1.807) is 36.7 Å². The van der Waals surface area contributed by atoms with Crippen LogP contribution in [0.4, 0.5) is 0 Å². The molecule has 0 radical (unpaired) electrons. The zero-order valence-electron chi connectivity index (χ0n) is 11.9. The molecule has 23 heavy (non-hydrogen) atoms. The van der Waals surface area contributed by atoms with Crippen molar-refractivity contribution in [1.29, 1.82) is 0 Å². The number of carbonyl (C=O) groups excluding carboxylic acids is 2. The zero-order chi connectivity index (χ0) is 16.4. The molecule has 2 aromatic heterocycles. The summed E-state index contributed by atoms with van der Waals surface area (Å²) in [6, 6.07) is 6.88. The molecule has 2 amide bonds. The number of fused-ring (bicyclic) bond motifs is 1. The van der Waals surface area contributed by atoms with Gasteiger partial charge in [-0.3, -0.25) is 9.59 Å². The summed E-state index contributed by atoms with van der Waals surface area (Å²) in [5.41, 5.74) is 11.8. The Labute approximate surface area is 130 Å². The molecule has 8 nitrogen and oxygen atoms in total. The van der Waals surface area contributed by atoms with Crippen molar-refractivity contribution in [3.05, 3.63) is 47.9 Å². The lowest BCUT2D eigenvalue weighted by Crippen LogP contribution is -2.18. The van der Waals surface area contributed by atoms with Gasteiger partial charge in [0.05, 0.1) is 17.5 Å². The molecule has 0 aliphatic rings. The minimum absolute atomic E-state index is 0.106. The summed E-state index contributed by atoms with van der Waals surface area (Å²) in [6.07, 6.45) is 3.02. The monoisotopic (exact) mass is 311 g/mol. The molecule has 0 fully saturated rings. The van der Waals surface area contributed by atoms with Crippen LogP contribution >= 0.6 is 0 Å². The molecule has 0 aliphatic heterocycles. The van der Waals surface area contributed by atoms with Crippen molar-refractivity contribution in [1.82, 2.24) is 15.0 Å². The molecule has 0 atom stereocenters. The quantitative estimate of drug-likeness (QED) is 0.642. The minimum atomic E-state index is -0.632. The number of aromatic amines is 1. The van der Waals surface area contributed by atoms with Gasteiger partial charge in [-0.1, -0.05) is 0 Å². The number of nitrogens with one attached hydrogen (secondary N) is 1. The summed E-state index contributed by atoms with van der Waals surface area (Å²) in [4.78, 5) is 33.7. The zero-order valence-corrected chi connectivity index (χ0v) is 11.9. The molecule has 1 aromatic carbocycles. The van der Waals surface area contributed by atoms with Crippen LogP contribution in [0, 0.1) is 0 Å². The highest BCUT2D eigenvalue weighted by molar-refractivity contribution is 6.08. The number of ether oxygens (including phenoxy) is 1.